The van der Waals surface area contributed by atoms with Crippen molar-refractivity contribution in [2.45, 2.75) is 38.6 Å². The van der Waals surface area contributed by atoms with Gasteiger partial charge < -0.3 is 9.64 Å². The molecule has 0 atom stereocenters. The molecular weight excluding hydrogens is 404 g/mol. The predicted molar refractivity (Wildman–Crippen MR) is 123 cm³/mol. The van der Waals surface area contributed by atoms with Gasteiger partial charge in [0.2, 0.25) is 0 Å². The Morgan fingerprint density at radius 3 is 2.47 bits per heavy atom. The van der Waals surface area contributed by atoms with E-state index < -0.39 is 0 Å². The number of carbonyl (C=O) groups excluding carboxylic acids is 1. The number of para-hydroxylation sites is 1. The van der Waals surface area contributed by atoms with Crippen LogP contribution in [-0.2, 0) is 20.0 Å². The molecule has 2 heterocycles. The largest absolute Gasteiger partial charge is 0.493 e. The smallest absolute Gasteiger partial charge is 0.345 e. The van der Waals surface area contributed by atoms with E-state index in [9.17, 15) is 9.59 Å². The van der Waals surface area contributed by atoms with Crippen LogP contribution in [0, 0.1) is 0 Å². The number of likely N-dealkylation sites (tertiary alicyclic amines) is 1. The fourth-order valence-corrected chi connectivity index (χ4v) is 4.36. The Morgan fingerprint density at radius 1 is 1.06 bits per heavy atom. The number of hydrogen-bond donors (Lipinski definition) is 0. The highest BCUT2D eigenvalue weighted by Gasteiger charge is 2.29. The molecule has 0 unspecified atom stereocenters. The van der Waals surface area contributed by atoms with E-state index in [2.05, 4.69) is 17.2 Å². The van der Waals surface area contributed by atoms with Gasteiger partial charge in [-0.1, -0.05) is 42.5 Å². The predicted octanol–water partition coefficient (Wildman–Crippen LogP) is 3.24. The lowest BCUT2D eigenvalue weighted by molar-refractivity contribution is 0.0706. The first kappa shape index (κ1) is 21.9. The third kappa shape index (κ3) is 4.61. The molecule has 32 heavy (non-hydrogen) atoms. The molecule has 7 heteroatoms. The molecule has 1 amide bonds. The maximum absolute atomic E-state index is 13.1. The Labute approximate surface area is 188 Å². The number of benzene rings is 2. The Morgan fingerprint density at radius 2 is 1.75 bits per heavy atom. The molecule has 0 spiro atoms. The van der Waals surface area contributed by atoms with Crippen LogP contribution < -0.4 is 10.4 Å². The van der Waals surface area contributed by atoms with E-state index in [4.69, 9.17) is 4.74 Å². The van der Waals surface area contributed by atoms with Gasteiger partial charge in [0.15, 0.2) is 0 Å². The number of aromatic nitrogens is 3. The van der Waals surface area contributed by atoms with Gasteiger partial charge >= 0.3 is 5.69 Å². The molecule has 1 aliphatic heterocycles. The number of hydrogen-bond acceptors (Lipinski definition) is 4. The minimum absolute atomic E-state index is 0.00464. The lowest BCUT2D eigenvalue weighted by Gasteiger charge is -2.32. The first-order valence-electron chi connectivity index (χ1n) is 11.3. The summed E-state index contributed by atoms with van der Waals surface area (Å²) in [7, 11) is 1.70. The van der Waals surface area contributed by atoms with Crippen LogP contribution in [0.1, 0.15) is 47.4 Å². The number of rotatable bonds is 7. The van der Waals surface area contributed by atoms with Gasteiger partial charge in [-0.25, -0.2) is 9.48 Å². The molecule has 1 fully saturated rings. The maximum Gasteiger partial charge on any atom is 0.345 e. The number of piperidine rings is 1. The quantitative estimate of drug-likeness (QED) is 0.573. The van der Waals surface area contributed by atoms with Gasteiger partial charge in [-0.15, -0.1) is 0 Å². The lowest BCUT2D eigenvalue weighted by Crippen LogP contribution is -2.38. The fourth-order valence-electron chi connectivity index (χ4n) is 4.36. The second-order valence-corrected chi connectivity index (χ2v) is 8.15. The summed E-state index contributed by atoms with van der Waals surface area (Å²) in [6.45, 7) is 4.30. The van der Waals surface area contributed by atoms with Crippen LogP contribution in [-0.4, -0.2) is 44.9 Å². The van der Waals surface area contributed by atoms with Crippen LogP contribution in [0.4, 0.5) is 0 Å². The molecule has 7 nitrogen and oxygen atoms in total. The summed E-state index contributed by atoms with van der Waals surface area (Å²) in [5.74, 6) is 1.61. The van der Waals surface area contributed by atoms with Crippen molar-refractivity contribution in [3.05, 3.63) is 82.0 Å². The lowest BCUT2D eigenvalue weighted by atomic mass is 9.95. The van der Waals surface area contributed by atoms with Crippen molar-refractivity contribution in [3.8, 4) is 5.75 Å². The highest BCUT2D eigenvalue weighted by Crippen LogP contribution is 2.28. The summed E-state index contributed by atoms with van der Waals surface area (Å²) < 4.78 is 8.87. The zero-order chi connectivity index (χ0) is 22.5. The topological polar surface area (TPSA) is 69.4 Å². The average Bonchev–Trinajstić information content (AvgIpc) is 3.12. The van der Waals surface area contributed by atoms with E-state index in [-0.39, 0.29) is 17.5 Å². The molecule has 1 aliphatic rings. The zero-order valence-electron chi connectivity index (χ0n) is 18.7. The first-order chi connectivity index (χ1) is 15.6. The Bertz CT molecular complexity index is 1110. The van der Waals surface area contributed by atoms with Crippen LogP contribution in [0.15, 0.2) is 59.4 Å². The van der Waals surface area contributed by atoms with Crippen LogP contribution in [0.3, 0.4) is 0 Å². The van der Waals surface area contributed by atoms with Crippen molar-refractivity contribution in [3.63, 3.8) is 0 Å². The van der Waals surface area contributed by atoms with E-state index in [1.165, 1.54) is 10.2 Å². The summed E-state index contributed by atoms with van der Waals surface area (Å²) in [6, 6.07) is 17.6. The number of aryl methyl sites for hydroxylation is 2. The SMILES string of the molecule is CCOc1ccccc1C(=O)N1CCC(c2nn(C)c(=O)n2CCc2ccccc2)CC1. The summed E-state index contributed by atoms with van der Waals surface area (Å²) >= 11 is 0. The number of amides is 1. The Kier molecular flexibility index (Phi) is 6.73. The second kappa shape index (κ2) is 9.85. The van der Waals surface area contributed by atoms with Gasteiger partial charge in [0, 0.05) is 32.6 Å². The van der Waals surface area contributed by atoms with Crippen LogP contribution >= 0.6 is 0 Å². The normalized spacial score (nSPS) is 14.5. The van der Waals surface area contributed by atoms with Crippen molar-refractivity contribution in [2.24, 2.45) is 7.05 Å². The van der Waals surface area contributed by atoms with Crippen molar-refractivity contribution in [2.75, 3.05) is 19.7 Å². The maximum atomic E-state index is 13.1. The minimum atomic E-state index is -0.0833. The zero-order valence-corrected chi connectivity index (χ0v) is 18.7. The fraction of sp³-hybridized carbons (Fsp3) is 0.400. The van der Waals surface area contributed by atoms with Crippen LogP contribution in [0.25, 0.3) is 0 Å². The minimum Gasteiger partial charge on any atom is -0.493 e. The molecule has 1 aromatic heterocycles. The van der Waals surface area contributed by atoms with Gasteiger partial charge in [-0.05, 0) is 43.9 Å². The number of carbonyl (C=O) groups is 1. The number of nitrogens with zero attached hydrogens (tertiary/aromatic N) is 4. The molecule has 0 saturated carbocycles. The standard InChI is InChI=1S/C25H30N4O3/c1-3-32-22-12-8-7-11-21(22)24(30)28-16-14-20(15-17-28)23-26-27(2)25(31)29(23)18-13-19-9-5-4-6-10-19/h4-12,20H,3,13-18H2,1-2H3. The number of ether oxygens (including phenoxy) is 1. The highest BCUT2D eigenvalue weighted by atomic mass is 16.5. The van der Waals surface area contributed by atoms with Crippen LogP contribution in [0.5, 0.6) is 5.75 Å². The molecule has 0 N–H and O–H groups in total. The third-order valence-electron chi connectivity index (χ3n) is 6.07. The van der Waals surface area contributed by atoms with Crippen molar-refractivity contribution >= 4 is 5.91 Å². The van der Waals surface area contributed by atoms with Crippen molar-refractivity contribution < 1.29 is 9.53 Å². The summed E-state index contributed by atoms with van der Waals surface area (Å²) in [6.07, 6.45) is 2.35. The molecule has 2 aromatic carbocycles. The molecular formula is C25H30N4O3. The molecule has 0 radical (unpaired) electrons. The monoisotopic (exact) mass is 434 g/mol. The van der Waals surface area contributed by atoms with Crippen LogP contribution in [0.2, 0.25) is 0 Å². The molecule has 4 rings (SSSR count). The molecule has 168 valence electrons. The van der Waals surface area contributed by atoms with Gasteiger partial charge in [-0.2, -0.15) is 5.10 Å². The average molecular weight is 435 g/mol. The van der Waals surface area contributed by atoms with Crippen molar-refractivity contribution in [1.29, 1.82) is 0 Å². The van der Waals surface area contributed by atoms with E-state index in [0.29, 0.717) is 37.6 Å². The van der Waals surface area contributed by atoms with Gasteiger partial charge in [0.05, 0.1) is 12.2 Å². The third-order valence-corrected chi connectivity index (χ3v) is 6.07. The molecule has 3 aromatic rings. The highest BCUT2D eigenvalue weighted by molar-refractivity contribution is 5.97. The van der Waals surface area contributed by atoms with Gasteiger partial charge in [-0.3, -0.25) is 9.36 Å². The molecule has 0 bridgehead atoms. The summed E-state index contributed by atoms with van der Waals surface area (Å²) in [5.41, 5.74) is 1.72. The molecule has 1 saturated heterocycles. The summed E-state index contributed by atoms with van der Waals surface area (Å²) in [4.78, 5) is 27.7. The van der Waals surface area contributed by atoms with Gasteiger partial charge in [0.1, 0.15) is 11.6 Å². The van der Waals surface area contributed by atoms with Crippen molar-refractivity contribution in [1.82, 2.24) is 19.2 Å². The Balaban J connectivity index is 1.45. The second-order valence-electron chi connectivity index (χ2n) is 8.15. The van der Waals surface area contributed by atoms with E-state index in [1.54, 1.807) is 11.6 Å². The Hall–Kier alpha value is -3.35. The van der Waals surface area contributed by atoms with E-state index in [0.717, 1.165) is 25.1 Å². The first-order valence-corrected chi connectivity index (χ1v) is 11.3. The van der Waals surface area contributed by atoms with E-state index in [1.807, 2.05) is 54.3 Å². The molecule has 0 aliphatic carbocycles. The summed E-state index contributed by atoms with van der Waals surface area (Å²) in [5, 5.41) is 4.56. The van der Waals surface area contributed by atoms with Gasteiger partial charge in [0.25, 0.3) is 5.91 Å². The van der Waals surface area contributed by atoms with E-state index >= 15 is 0 Å².